The molecule has 2 aromatic carbocycles. The van der Waals surface area contributed by atoms with Crippen LogP contribution in [0.3, 0.4) is 0 Å². The molecule has 0 bridgehead atoms. The van der Waals surface area contributed by atoms with Crippen LogP contribution in [0.15, 0.2) is 62.8 Å². The van der Waals surface area contributed by atoms with Crippen molar-refractivity contribution >= 4 is 56.5 Å². The molecule has 30 heavy (non-hydrogen) atoms. The molecule has 152 valence electrons. The van der Waals surface area contributed by atoms with Gasteiger partial charge in [0.25, 0.3) is 0 Å². The van der Waals surface area contributed by atoms with E-state index >= 15 is 0 Å². The first-order valence-corrected chi connectivity index (χ1v) is 11.6. The molecule has 6 nitrogen and oxygen atoms in total. The van der Waals surface area contributed by atoms with Crippen LogP contribution in [0.5, 0.6) is 5.75 Å². The Bertz CT molecular complexity index is 1200. The number of anilines is 1. The SMILES string of the molecule is COc1ccc([C@@H]2c3sc(=O)[nH]c3S[C@H]3C(=O)N(c4ccc(Br)cc4)C(=O)[C@@H]23)cc1. The highest BCUT2D eigenvalue weighted by molar-refractivity contribution is 9.10. The molecule has 0 spiro atoms. The van der Waals surface area contributed by atoms with Crippen molar-refractivity contribution in [2.24, 2.45) is 5.92 Å². The van der Waals surface area contributed by atoms with E-state index in [9.17, 15) is 14.4 Å². The number of rotatable bonds is 3. The standard InChI is InChI=1S/C21H15BrN2O4S2/c1-28-13-8-2-10(3-9-13)14-15-17(29-18-16(14)30-21(27)23-18)20(26)24(19(15)25)12-6-4-11(22)5-7-12/h2-9,14-15,17H,1H3,(H,23,27)/t14-,15-,17+/m0/s1. The largest absolute Gasteiger partial charge is 0.497 e. The molecule has 0 saturated carbocycles. The second kappa shape index (κ2) is 7.40. The maximum atomic E-state index is 13.5. The summed E-state index contributed by atoms with van der Waals surface area (Å²) in [5, 5.41) is 0.0804. The van der Waals surface area contributed by atoms with Gasteiger partial charge in [-0.2, -0.15) is 0 Å². The fraction of sp³-hybridized carbons (Fsp3) is 0.190. The predicted octanol–water partition coefficient (Wildman–Crippen LogP) is 4.00. The van der Waals surface area contributed by atoms with Gasteiger partial charge in [0.1, 0.15) is 11.0 Å². The number of benzene rings is 2. The Morgan fingerprint density at radius 2 is 1.70 bits per heavy atom. The molecule has 9 heteroatoms. The summed E-state index contributed by atoms with van der Waals surface area (Å²) in [6.07, 6.45) is 0. The number of fused-ring (bicyclic) bond motifs is 2. The van der Waals surface area contributed by atoms with Crippen LogP contribution in [-0.4, -0.2) is 29.2 Å². The van der Waals surface area contributed by atoms with Crippen molar-refractivity contribution in [2.75, 3.05) is 12.0 Å². The van der Waals surface area contributed by atoms with E-state index in [1.807, 2.05) is 24.3 Å². The van der Waals surface area contributed by atoms with Gasteiger partial charge < -0.3 is 9.72 Å². The zero-order valence-corrected chi connectivity index (χ0v) is 18.8. The Kier molecular flexibility index (Phi) is 4.83. The van der Waals surface area contributed by atoms with Gasteiger partial charge in [0, 0.05) is 15.3 Å². The maximum Gasteiger partial charge on any atom is 0.305 e. The van der Waals surface area contributed by atoms with Gasteiger partial charge in [-0.15, -0.1) is 0 Å². The lowest BCUT2D eigenvalue weighted by atomic mass is 9.83. The Morgan fingerprint density at radius 1 is 1.00 bits per heavy atom. The number of aromatic nitrogens is 1. The summed E-state index contributed by atoms with van der Waals surface area (Å²) in [4.78, 5) is 43.6. The van der Waals surface area contributed by atoms with Gasteiger partial charge in [-0.05, 0) is 42.0 Å². The van der Waals surface area contributed by atoms with Crippen molar-refractivity contribution in [3.8, 4) is 5.75 Å². The first-order valence-electron chi connectivity index (χ1n) is 9.15. The highest BCUT2D eigenvalue weighted by atomic mass is 79.9. The summed E-state index contributed by atoms with van der Waals surface area (Å²) in [6, 6.07) is 14.6. The predicted molar refractivity (Wildman–Crippen MR) is 120 cm³/mol. The molecule has 1 saturated heterocycles. The number of carbonyl (C=O) groups is 2. The van der Waals surface area contributed by atoms with Crippen LogP contribution >= 0.6 is 39.0 Å². The van der Waals surface area contributed by atoms with Crippen LogP contribution < -0.4 is 14.5 Å². The third kappa shape index (κ3) is 3.03. The van der Waals surface area contributed by atoms with E-state index in [1.54, 1.807) is 31.4 Å². The van der Waals surface area contributed by atoms with E-state index < -0.39 is 11.2 Å². The number of nitrogens with zero attached hydrogens (tertiary/aromatic N) is 1. The first-order chi connectivity index (χ1) is 14.5. The molecule has 2 aliphatic rings. The van der Waals surface area contributed by atoms with Crippen molar-refractivity contribution in [3.63, 3.8) is 0 Å². The van der Waals surface area contributed by atoms with Crippen molar-refractivity contribution < 1.29 is 14.3 Å². The van der Waals surface area contributed by atoms with Gasteiger partial charge in [0.15, 0.2) is 0 Å². The number of thiazole rings is 1. The van der Waals surface area contributed by atoms with E-state index in [0.717, 1.165) is 26.3 Å². The molecule has 2 aliphatic heterocycles. The van der Waals surface area contributed by atoms with Crippen LogP contribution in [0.1, 0.15) is 16.4 Å². The van der Waals surface area contributed by atoms with Crippen molar-refractivity contribution in [2.45, 2.75) is 16.2 Å². The summed E-state index contributed by atoms with van der Waals surface area (Å²) < 4.78 is 6.12. The third-order valence-corrected chi connectivity index (χ3v) is 8.31. The molecule has 0 aliphatic carbocycles. The van der Waals surface area contributed by atoms with Crippen LogP contribution in [0.4, 0.5) is 5.69 Å². The summed E-state index contributed by atoms with van der Waals surface area (Å²) >= 11 is 5.76. The second-order valence-electron chi connectivity index (χ2n) is 7.01. The fourth-order valence-corrected chi connectivity index (χ4v) is 6.81. The average molecular weight is 503 g/mol. The van der Waals surface area contributed by atoms with E-state index in [-0.39, 0.29) is 22.6 Å². The van der Waals surface area contributed by atoms with Crippen LogP contribution in [0.2, 0.25) is 0 Å². The molecular weight excluding hydrogens is 488 g/mol. The number of amides is 2. The summed E-state index contributed by atoms with van der Waals surface area (Å²) in [5.74, 6) is -0.759. The number of thioether (sulfide) groups is 1. The van der Waals surface area contributed by atoms with E-state index in [1.165, 1.54) is 16.7 Å². The summed E-state index contributed by atoms with van der Waals surface area (Å²) in [7, 11) is 1.59. The molecule has 3 aromatic rings. The fourth-order valence-electron chi connectivity index (χ4n) is 4.03. The number of methoxy groups -OCH3 is 1. The van der Waals surface area contributed by atoms with Gasteiger partial charge in [-0.3, -0.25) is 14.4 Å². The van der Waals surface area contributed by atoms with Gasteiger partial charge in [-0.25, -0.2) is 4.90 Å². The highest BCUT2D eigenvalue weighted by Gasteiger charge is 2.56. The molecular formula is C21H15BrN2O4S2. The minimum absolute atomic E-state index is 0.185. The summed E-state index contributed by atoms with van der Waals surface area (Å²) in [5.41, 5.74) is 1.43. The molecule has 2 amide bonds. The van der Waals surface area contributed by atoms with E-state index in [2.05, 4.69) is 20.9 Å². The van der Waals surface area contributed by atoms with Crippen molar-refractivity contribution in [3.05, 3.63) is 73.1 Å². The minimum atomic E-state index is -0.592. The number of halogens is 1. The van der Waals surface area contributed by atoms with Gasteiger partial charge in [-0.1, -0.05) is 51.2 Å². The smallest absolute Gasteiger partial charge is 0.305 e. The van der Waals surface area contributed by atoms with Crippen molar-refractivity contribution in [1.82, 2.24) is 4.98 Å². The molecule has 0 unspecified atom stereocenters. The lowest BCUT2D eigenvalue weighted by molar-refractivity contribution is -0.122. The van der Waals surface area contributed by atoms with Crippen LogP contribution in [-0.2, 0) is 9.59 Å². The molecule has 1 N–H and O–H groups in total. The Balaban J connectivity index is 1.63. The molecule has 3 heterocycles. The monoisotopic (exact) mass is 502 g/mol. The zero-order valence-electron chi connectivity index (χ0n) is 15.6. The first kappa shape index (κ1) is 19.6. The number of nitrogens with one attached hydrogen (secondary N) is 1. The number of hydrogen-bond acceptors (Lipinski definition) is 6. The lowest BCUT2D eigenvalue weighted by Crippen LogP contribution is -2.32. The number of ether oxygens (including phenoxy) is 1. The number of imide groups is 1. The van der Waals surface area contributed by atoms with Gasteiger partial charge in [0.2, 0.25) is 11.8 Å². The number of aromatic amines is 1. The molecule has 1 fully saturated rings. The minimum Gasteiger partial charge on any atom is -0.497 e. The van der Waals surface area contributed by atoms with Gasteiger partial charge in [0.05, 0.1) is 23.7 Å². The second-order valence-corrected chi connectivity index (χ2v) is 10.1. The van der Waals surface area contributed by atoms with Crippen molar-refractivity contribution in [1.29, 1.82) is 0 Å². The number of hydrogen-bond donors (Lipinski definition) is 1. The Labute approximate surface area is 188 Å². The molecule has 5 rings (SSSR count). The highest BCUT2D eigenvalue weighted by Crippen LogP contribution is 2.53. The maximum absolute atomic E-state index is 13.5. The lowest BCUT2D eigenvalue weighted by Gasteiger charge is -2.29. The third-order valence-electron chi connectivity index (χ3n) is 5.38. The van der Waals surface area contributed by atoms with Crippen LogP contribution in [0.25, 0.3) is 0 Å². The number of H-pyrrole nitrogens is 1. The van der Waals surface area contributed by atoms with Gasteiger partial charge >= 0.3 is 4.87 Å². The Morgan fingerprint density at radius 3 is 2.37 bits per heavy atom. The zero-order chi connectivity index (χ0) is 21.0. The normalized spacial score (nSPS) is 22.7. The molecule has 0 radical (unpaired) electrons. The Hall–Kier alpha value is -2.36. The average Bonchev–Trinajstić information content (AvgIpc) is 3.24. The molecule has 3 atom stereocenters. The summed E-state index contributed by atoms with van der Waals surface area (Å²) in [6.45, 7) is 0. The quantitative estimate of drug-likeness (QED) is 0.547. The van der Waals surface area contributed by atoms with E-state index in [4.69, 9.17) is 4.74 Å². The van der Waals surface area contributed by atoms with Crippen LogP contribution in [0, 0.1) is 5.92 Å². The number of carbonyl (C=O) groups excluding carboxylic acids is 2. The van der Waals surface area contributed by atoms with E-state index in [0.29, 0.717) is 16.5 Å². The molecule has 1 aromatic heterocycles. The topological polar surface area (TPSA) is 79.5 Å².